The van der Waals surface area contributed by atoms with Crippen LogP contribution in [0.25, 0.3) is 0 Å². The van der Waals surface area contributed by atoms with Gasteiger partial charge in [0, 0.05) is 12.4 Å². The third kappa shape index (κ3) is 1.89. The molecule has 0 aliphatic heterocycles. The summed E-state index contributed by atoms with van der Waals surface area (Å²) in [7, 11) is 3.60. The molecule has 0 amide bonds. The maximum Gasteiger partial charge on any atom is 0.237 e. The third-order valence-electron chi connectivity index (χ3n) is 3.48. The largest absolute Gasteiger partial charge is 0.480 e. The smallest absolute Gasteiger partial charge is 0.237 e. The van der Waals surface area contributed by atoms with Crippen LogP contribution in [-0.4, -0.2) is 24.1 Å². The fourth-order valence-corrected chi connectivity index (χ4v) is 2.31. The Hall–Kier alpha value is -1.16. The highest BCUT2D eigenvalue weighted by atomic mass is 16.5. The lowest BCUT2D eigenvalue weighted by atomic mass is 10.0. The van der Waals surface area contributed by atoms with E-state index in [0.717, 1.165) is 5.69 Å². The van der Waals surface area contributed by atoms with Gasteiger partial charge in [-0.2, -0.15) is 0 Å². The lowest BCUT2D eigenvalue weighted by molar-refractivity contribution is 0.363. The quantitative estimate of drug-likeness (QED) is 0.842. The van der Waals surface area contributed by atoms with Crippen molar-refractivity contribution in [2.45, 2.75) is 26.3 Å². The van der Waals surface area contributed by atoms with Gasteiger partial charge in [-0.15, -0.1) is 0 Å². The topological polar surface area (TPSA) is 47.0 Å². The van der Waals surface area contributed by atoms with Crippen molar-refractivity contribution in [1.29, 1.82) is 0 Å². The number of nitrogens with one attached hydrogen (secondary N) is 1. The lowest BCUT2D eigenvalue weighted by Gasteiger charge is -2.18. The van der Waals surface area contributed by atoms with E-state index < -0.39 is 0 Å². The van der Waals surface area contributed by atoms with Gasteiger partial charge in [-0.3, -0.25) is 4.98 Å². The second-order valence-electron chi connectivity index (χ2n) is 5.02. The van der Waals surface area contributed by atoms with Gasteiger partial charge in [0.15, 0.2) is 0 Å². The summed E-state index contributed by atoms with van der Waals surface area (Å²) in [4.78, 5) is 8.60. The summed E-state index contributed by atoms with van der Waals surface area (Å²) in [5.74, 6) is 1.24. The molecule has 1 aromatic heterocycles. The average Bonchev–Trinajstić information content (AvgIpc) is 2.89. The van der Waals surface area contributed by atoms with Crippen molar-refractivity contribution in [3.05, 3.63) is 18.1 Å². The molecule has 2 atom stereocenters. The predicted octanol–water partition coefficient (Wildman–Crippen LogP) is 1.79. The molecule has 1 saturated carbocycles. The van der Waals surface area contributed by atoms with E-state index in [2.05, 4.69) is 29.1 Å². The molecule has 2 unspecified atom stereocenters. The number of ether oxygens (including phenoxy) is 1. The second-order valence-corrected chi connectivity index (χ2v) is 5.02. The van der Waals surface area contributed by atoms with Crippen molar-refractivity contribution in [3.8, 4) is 5.88 Å². The molecule has 2 rings (SSSR count). The minimum Gasteiger partial charge on any atom is -0.480 e. The Morgan fingerprint density at radius 1 is 1.44 bits per heavy atom. The standard InChI is InChI=1S/C12H19N3O/c1-12(2)7-8(12)9(13-3)10-11(16-4)15-6-5-14-10/h5-6,8-9,13H,7H2,1-4H3. The molecule has 1 heterocycles. The Labute approximate surface area is 96.4 Å². The molecule has 0 bridgehead atoms. The maximum absolute atomic E-state index is 5.26. The zero-order valence-corrected chi connectivity index (χ0v) is 10.3. The first-order valence-electron chi connectivity index (χ1n) is 5.62. The summed E-state index contributed by atoms with van der Waals surface area (Å²) < 4.78 is 5.26. The molecule has 0 aromatic carbocycles. The third-order valence-corrected chi connectivity index (χ3v) is 3.48. The van der Waals surface area contributed by atoms with Crippen molar-refractivity contribution in [2.24, 2.45) is 11.3 Å². The van der Waals surface area contributed by atoms with E-state index in [1.54, 1.807) is 19.5 Å². The fourth-order valence-electron chi connectivity index (χ4n) is 2.31. The number of aromatic nitrogens is 2. The summed E-state index contributed by atoms with van der Waals surface area (Å²) >= 11 is 0. The van der Waals surface area contributed by atoms with Gasteiger partial charge >= 0.3 is 0 Å². The molecule has 0 spiro atoms. The van der Waals surface area contributed by atoms with Crippen LogP contribution in [0.5, 0.6) is 5.88 Å². The van der Waals surface area contributed by atoms with Crippen LogP contribution in [0.3, 0.4) is 0 Å². The highest BCUT2D eigenvalue weighted by Gasteiger charge is 2.51. The summed E-state index contributed by atoms with van der Waals surface area (Å²) in [5, 5.41) is 3.33. The molecule has 1 aliphatic carbocycles. The number of nitrogens with zero attached hydrogens (tertiary/aromatic N) is 2. The molecular weight excluding hydrogens is 202 g/mol. The fraction of sp³-hybridized carbons (Fsp3) is 0.667. The molecule has 4 heteroatoms. The van der Waals surface area contributed by atoms with Crippen molar-refractivity contribution in [3.63, 3.8) is 0 Å². The number of rotatable bonds is 4. The van der Waals surface area contributed by atoms with Crippen molar-refractivity contribution in [1.82, 2.24) is 15.3 Å². The summed E-state index contributed by atoms with van der Waals surface area (Å²) in [6.45, 7) is 4.57. The molecule has 16 heavy (non-hydrogen) atoms. The monoisotopic (exact) mass is 221 g/mol. The number of hydrogen-bond donors (Lipinski definition) is 1. The van der Waals surface area contributed by atoms with Crippen LogP contribution in [0.4, 0.5) is 0 Å². The van der Waals surface area contributed by atoms with Crippen molar-refractivity contribution in [2.75, 3.05) is 14.2 Å². The highest BCUT2D eigenvalue weighted by Crippen LogP contribution is 2.57. The van der Waals surface area contributed by atoms with Gasteiger partial charge < -0.3 is 10.1 Å². The first kappa shape index (κ1) is 11.3. The Morgan fingerprint density at radius 3 is 2.56 bits per heavy atom. The van der Waals surface area contributed by atoms with Crippen LogP contribution in [0.2, 0.25) is 0 Å². The zero-order chi connectivity index (χ0) is 11.8. The van der Waals surface area contributed by atoms with Gasteiger partial charge in [0.1, 0.15) is 5.69 Å². The highest BCUT2D eigenvalue weighted by molar-refractivity contribution is 5.24. The van der Waals surface area contributed by atoms with Gasteiger partial charge in [0.05, 0.1) is 13.2 Å². The Balaban J connectivity index is 2.27. The first-order chi connectivity index (χ1) is 7.60. The average molecular weight is 221 g/mol. The van der Waals surface area contributed by atoms with Crippen LogP contribution in [0.1, 0.15) is 32.0 Å². The van der Waals surface area contributed by atoms with E-state index in [1.807, 2.05) is 7.05 Å². The first-order valence-corrected chi connectivity index (χ1v) is 5.62. The summed E-state index contributed by atoms with van der Waals surface area (Å²) in [6.07, 6.45) is 4.60. The second kappa shape index (κ2) is 4.01. The normalized spacial score (nSPS) is 23.9. The molecule has 4 nitrogen and oxygen atoms in total. The van der Waals surface area contributed by atoms with Crippen LogP contribution in [-0.2, 0) is 0 Å². The van der Waals surface area contributed by atoms with Gasteiger partial charge in [-0.05, 0) is 24.8 Å². The van der Waals surface area contributed by atoms with E-state index in [1.165, 1.54) is 6.42 Å². The van der Waals surface area contributed by atoms with Crippen LogP contribution >= 0.6 is 0 Å². The van der Waals surface area contributed by atoms with Crippen LogP contribution in [0.15, 0.2) is 12.4 Å². The lowest BCUT2D eigenvalue weighted by Crippen LogP contribution is -2.22. The number of methoxy groups -OCH3 is 1. The molecule has 0 radical (unpaired) electrons. The number of hydrogen-bond acceptors (Lipinski definition) is 4. The summed E-state index contributed by atoms with van der Waals surface area (Å²) in [6, 6.07) is 0.235. The zero-order valence-electron chi connectivity index (χ0n) is 10.3. The molecule has 1 fully saturated rings. The maximum atomic E-state index is 5.26. The molecule has 0 saturated heterocycles. The van der Waals surface area contributed by atoms with Crippen molar-refractivity contribution < 1.29 is 4.74 Å². The van der Waals surface area contributed by atoms with E-state index in [-0.39, 0.29) is 6.04 Å². The molecule has 1 aromatic rings. The van der Waals surface area contributed by atoms with Crippen molar-refractivity contribution >= 4 is 0 Å². The molecule has 88 valence electrons. The minimum atomic E-state index is 0.235. The van der Waals surface area contributed by atoms with E-state index in [9.17, 15) is 0 Å². The Kier molecular flexibility index (Phi) is 2.84. The van der Waals surface area contributed by atoms with Crippen LogP contribution in [0, 0.1) is 11.3 Å². The SMILES string of the molecule is CNC(c1nccnc1OC)C1CC1(C)C. The van der Waals surface area contributed by atoms with Gasteiger partial charge in [0.25, 0.3) is 0 Å². The molecule has 1 aliphatic rings. The van der Waals surface area contributed by atoms with Gasteiger partial charge in [-0.1, -0.05) is 13.8 Å². The summed E-state index contributed by atoms with van der Waals surface area (Å²) in [5.41, 5.74) is 1.32. The van der Waals surface area contributed by atoms with Crippen LogP contribution < -0.4 is 10.1 Å². The Bertz CT molecular complexity index is 378. The van der Waals surface area contributed by atoms with Gasteiger partial charge in [0.2, 0.25) is 5.88 Å². The minimum absolute atomic E-state index is 0.235. The molecule has 1 N–H and O–H groups in total. The molecular formula is C12H19N3O. The van der Waals surface area contributed by atoms with E-state index >= 15 is 0 Å². The van der Waals surface area contributed by atoms with E-state index in [4.69, 9.17) is 4.74 Å². The Morgan fingerprint density at radius 2 is 2.06 bits per heavy atom. The predicted molar refractivity (Wildman–Crippen MR) is 62.3 cm³/mol. The van der Waals surface area contributed by atoms with E-state index in [0.29, 0.717) is 17.2 Å². The van der Waals surface area contributed by atoms with Gasteiger partial charge in [-0.25, -0.2) is 4.98 Å².